The maximum Gasteiger partial charge on any atom is 0.127 e. The number of aryl methyl sites for hydroxylation is 4. The second-order valence-electron chi connectivity index (χ2n) is 7.58. The van der Waals surface area contributed by atoms with Crippen LogP contribution >= 0.6 is 0 Å². The Balaban J connectivity index is 1.65. The number of halogens is 2. The quantitative estimate of drug-likeness (QED) is 0.305. The Morgan fingerprint density at radius 3 is 1.80 bits per heavy atom. The molecule has 3 rings (SSSR count). The van der Waals surface area contributed by atoms with Crippen LogP contribution in [-0.2, 0) is 25.7 Å². The lowest BCUT2D eigenvalue weighted by Crippen LogP contribution is -1.98. The largest absolute Gasteiger partial charge is 0.207 e. The summed E-state index contributed by atoms with van der Waals surface area (Å²) in [6.45, 7) is 7.42. The Morgan fingerprint density at radius 2 is 1.13 bits per heavy atom. The molecular formula is C28H28F2. The second-order valence-corrected chi connectivity index (χ2v) is 7.58. The average Bonchev–Trinajstić information content (AvgIpc) is 2.76. The van der Waals surface area contributed by atoms with Gasteiger partial charge in [-0.25, -0.2) is 8.78 Å². The van der Waals surface area contributed by atoms with E-state index >= 15 is 0 Å². The van der Waals surface area contributed by atoms with E-state index in [1.807, 2.05) is 42.5 Å². The SMILES string of the molecule is C=CCCc1ccc(-c2ccc(CCc3ccc(CCC=C)c(F)c3)c(F)c2)cc1. The van der Waals surface area contributed by atoms with Gasteiger partial charge >= 0.3 is 0 Å². The molecule has 0 bridgehead atoms. The monoisotopic (exact) mass is 402 g/mol. The van der Waals surface area contributed by atoms with Gasteiger partial charge in [0.15, 0.2) is 0 Å². The van der Waals surface area contributed by atoms with Gasteiger partial charge in [-0.3, -0.25) is 0 Å². The summed E-state index contributed by atoms with van der Waals surface area (Å²) in [6.07, 6.45) is 8.17. The summed E-state index contributed by atoms with van der Waals surface area (Å²) >= 11 is 0. The van der Waals surface area contributed by atoms with Gasteiger partial charge in [0.25, 0.3) is 0 Å². The first-order chi connectivity index (χ1) is 14.6. The van der Waals surface area contributed by atoms with Crippen molar-refractivity contribution < 1.29 is 8.78 Å². The van der Waals surface area contributed by atoms with Crippen LogP contribution in [0.25, 0.3) is 11.1 Å². The van der Waals surface area contributed by atoms with Gasteiger partial charge in [0.05, 0.1) is 0 Å². The summed E-state index contributed by atoms with van der Waals surface area (Å²) < 4.78 is 28.9. The Morgan fingerprint density at radius 1 is 0.567 bits per heavy atom. The minimum Gasteiger partial charge on any atom is -0.207 e. The van der Waals surface area contributed by atoms with Crippen molar-refractivity contribution in [1.82, 2.24) is 0 Å². The molecular weight excluding hydrogens is 374 g/mol. The summed E-state index contributed by atoms with van der Waals surface area (Å²) in [6, 6.07) is 18.9. The van der Waals surface area contributed by atoms with E-state index < -0.39 is 0 Å². The highest BCUT2D eigenvalue weighted by Gasteiger charge is 2.08. The summed E-state index contributed by atoms with van der Waals surface area (Å²) in [5.74, 6) is -0.409. The van der Waals surface area contributed by atoms with Crippen molar-refractivity contribution in [3.63, 3.8) is 0 Å². The fourth-order valence-corrected chi connectivity index (χ4v) is 3.55. The van der Waals surface area contributed by atoms with Gasteiger partial charge in [0.2, 0.25) is 0 Å². The van der Waals surface area contributed by atoms with Crippen molar-refractivity contribution in [3.8, 4) is 11.1 Å². The lowest BCUT2D eigenvalue weighted by Gasteiger charge is -2.09. The molecule has 0 heterocycles. The first-order valence-electron chi connectivity index (χ1n) is 10.5. The summed E-state index contributed by atoms with van der Waals surface area (Å²) in [5, 5.41) is 0. The van der Waals surface area contributed by atoms with E-state index in [4.69, 9.17) is 0 Å². The highest BCUT2D eigenvalue weighted by atomic mass is 19.1. The molecule has 0 fully saturated rings. The minimum absolute atomic E-state index is 0.193. The molecule has 2 heteroatoms. The molecule has 0 aliphatic heterocycles. The van der Waals surface area contributed by atoms with E-state index in [0.29, 0.717) is 30.4 Å². The van der Waals surface area contributed by atoms with Crippen molar-refractivity contribution in [2.45, 2.75) is 38.5 Å². The van der Waals surface area contributed by atoms with E-state index in [1.54, 1.807) is 18.2 Å². The predicted molar refractivity (Wildman–Crippen MR) is 123 cm³/mol. The van der Waals surface area contributed by atoms with Crippen molar-refractivity contribution >= 4 is 0 Å². The molecule has 3 aromatic carbocycles. The highest BCUT2D eigenvalue weighted by Crippen LogP contribution is 2.24. The molecule has 0 spiro atoms. The molecule has 0 atom stereocenters. The van der Waals surface area contributed by atoms with E-state index in [1.165, 1.54) is 5.56 Å². The van der Waals surface area contributed by atoms with Crippen LogP contribution in [-0.4, -0.2) is 0 Å². The second kappa shape index (κ2) is 10.7. The third kappa shape index (κ3) is 5.76. The predicted octanol–water partition coefficient (Wildman–Crippen LogP) is 7.65. The Bertz CT molecular complexity index is 1000. The number of rotatable bonds is 10. The molecule has 0 amide bonds. The molecule has 30 heavy (non-hydrogen) atoms. The summed E-state index contributed by atoms with van der Waals surface area (Å²) in [7, 11) is 0. The molecule has 0 radical (unpaired) electrons. The first kappa shape index (κ1) is 21.7. The maximum atomic E-state index is 14.7. The van der Waals surface area contributed by atoms with Crippen LogP contribution in [0.4, 0.5) is 8.78 Å². The first-order valence-corrected chi connectivity index (χ1v) is 10.5. The van der Waals surface area contributed by atoms with Gasteiger partial charge in [-0.2, -0.15) is 0 Å². The summed E-state index contributed by atoms with van der Waals surface area (Å²) in [4.78, 5) is 0. The molecule has 0 aliphatic rings. The van der Waals surface area contributed by atoms with E-state index in [9.17, 15) is 8.78 Å². The molecule has 0 nitrogen and oxygen atoms in total. The van der Waals surface area contributed by atoms with Gasteiger partial charge < -0.3 is 0 Å². The van der Waals surface area contributed by atoms with Crippen molar-refractivity contribution in [3.05, 3.63) is 120 Å². The average molecular weight is 403 g/mol. The van der Waals surface area contributed by atoms with E-state index in [0.717, 1.165) is 36.0 Å². The number of hydrogen-bond donors (Lipinski definition) is 0. The van der Waals surface area contributed by atoms with Crippen molar-refractivity contribution in [2.24, 2.45) is 0 Å². The number of allylic oxidation sites excluding steroid dienone is 2. The maximum absolute atomic E-state index is 14.7. The van der Waals surface area contributed by atoms with Crippen LogP contribution in [0.1, 0.15) is 35.1 Å². The molecule has 0 saturated heterocycles. The van der Waals surface area contributed by atoms with Gasteiger partial charge in [-0.15, -0.1) is 13.2 Å². The van der Waals surface area contributed by atoms with Crippen LogP contribution in [0, 0.1) is 11.6 Å². The van der Waals surface area contributed by atoms with Gasteiger partial charge in [0, 0.05) is 0 Å². The van der Waals surface area contributed by atoms with Gasteiger partial charge in [-0.1, -0.05) is 60.7 Å². The van der Waals surface area contributed by atoms with Gasteiger partial charge in [-0.05, 0) is 84.0 Å². The Kier molecular flexibility index (Phi) is 7.73. The lowest BCUT2D eigenvalue weighted by molar-refractivity contribution is 0.603. The topological polar surface area (TPSA) is 0 Å². The minimum atomic E-state index is -0.216. The van der Waals surface area contributed by atoms with Crippen LogP contribution in [0.5, 0.6) is 0 Å². The van der Waals surface area contributed by atoms with E-state index in [-0.39, 0.29) is 11.6 Å². The van der Waals surface area contributed by atoms with Crippen molar-refractivity contribution in [2.75, 3.05) is 0 Å². The van der Waals surface area contributed by atoms with Crippen LogP contribution in [0.3, 0.4) is 0 Å². The zero-order valence-corrected chi connectivity index (χ0v) is 17.3. The summed E-state index contributed by atoms with van der Waals surface area (Å²) in [5.41, 5.74) is 5.35. The third-order valence-electron chi connectivity index (χ3n) is 5.40. The number of hydrogen-bond acceptors (Lipinski definition) is 0. The van der Waals surface area contributed by atoms with Crippen LogP contribution in [0.2, 0.25) is 0 Å². The normalized spacial score (nSPS) is 10.7. The molecule has 0 aliphatic carbocycles. The van der Waals surface area contributed by atoms with E-state index in [2.05, 4.69) is 25.3 Å². The third-order valence-corrected chi connectivity index (χ3v) is 5.40. The Hall–Kier alpha value is -3.00. The van der Waals surface area contributed by atoms with Gasteiger partial charge in [0.1, 0.15) is 11.6 Å². The molecule has 0 aromatic heterocycles. The molecule has 154 valence electrons. The van der Waals surface area contributed by atoms with Crippen LogP contribution < -0.4 is 0 Å². The van der Waals surface area contributed by atoms with Crippen LogP contribution in [0.15, 0.2) is 86.0 Å². The van der Waals surface area contributed by atoms with Crippen molar-refractivity contribution in [1.29, 1.82) is 0 Å². The fraction of sp³-hybridized carbons (Fsp3) is 0.214. The Labute approximate surface area is 178 Å². The zero-order valence-electron chi connectivity index (χ0n) is 17.3. The molecule has 0 saturated carbocycles. The zero-order chi connectivity index (χ0) is 21.3. The number of benzene rings is 3. The molecule has 0 N–H and O–H groups in total. The highest BCUT2D eigenvalue weighted by molar-refractivity contribution is 5.64. The fourth-order valence-electron chi connectivity index (χ4n) is 3.55. The standard InChI is InChI=1S/C28H28F2/c1-3-5-7-21-9-13-23(14-10-21)26-18-17-25(28(30)20-26)16-12-22-11-15-24(8-6-4-2)27(29)19-22/h3-4,9-11,13-15,17-20H,1-2,5-8,12,16H2. The lowest BCUT2D eigenvalue weighted by atomic mass is 9.98. The smallest absolute Gasteiger partial charge is 0.127 e. The molecule has 0 unspecified atom stereocenters. The molecule has 3 aromatic rings.